The van der Waals surface area contributed by atoms with Crippen molar-refractivity contribution < 1.29 is 24.2 Å². The molecule has 2 N–H and O–H groups in total. The molecule has 2 aromatic rings. The van der Waals surface area contributed by atoms with Crippen molar-refractivity contribution in [1.82, 2.24) is 0 Å². The Labute approximate surface area is 159 Å². The largest absolute Gasteiger partial charge is 0.493 e. The molecular weight excluding hydrogens is 346 g/mol. The second kappa shape index (κ2) is 9.07. The van der Waals surface area contributed by atoms with Gasteiger partial charge >= 0.3 is 5.97 Å². The molecule has 0 spiro atoms. The third-order valence-corrected chi connectivity index (χ3v) is 4.46. The number of benzene rings is 2. The lowest BCUT2D eigenvalue weighted by Crippen LogP contribution is -2.22. The van der Waals surface area contributed by atoms with E-state index < -0.39 is 11.9 Å². The molecule has 27 heavy (non-hydrogen) atoms. The molecule has 0 heterocycles. The lowest BCUT2D eigenvalue weighted by Gasteiger charge is -2.15. The normalized spacial score (nSPS) is 12.7. The van der Waals surface area contributed by atoms with E-state index in [1.54, 1.807) is 45.4 Å². The summed E-state index contributed by atoms with van der Waals surface area (Å²) < 4.78 is 10.5. The number of rotatable bonds is 8. The van der Waals surface area contributed by atoms with Crippen LogP contribution in [0.2, 0.25) is 0 Å². The zero-order chi connectivity index (χ0) is 20.0. The third-order valence-electron chi connectivity index (χ3n) is 4.46. The number of hydrogen-bond donors (Lipinski definition) is 2. The molecule has 2 unspecified atom stereocenters. The smallest absolute Gasteiger partial charge is 0.310 e. The second-order valence-electron chi connectivity index (χ2n) is 6.47. The number of carbonyl (C=O) groups is 2. The molecule has 144 valence electrons. The van der Waals surface area contributed by atoms with Crippen molar-refractivity contribution in [2.75, 3.05) is 19.5 Å². The predicted molar refractivity (Wildman–Crippen MR) is 104 cm³/mol. The van der Waals surface area contributed by atoms with Crippen molar-refractivity contribution in [2.24, 2.45) is 5.92 Å². The number of ether oxygens (including phenoxy) is 2. The van der Waals surface area contributed by atoms with E-state index in [1.165, 1.54) is 0 Å². The first-order chi connectivity index (χ1) is 12.8. The quantitative estimate of drug-likeness (QED) is 0.739. The minimum atomic E-state index is -0.903. The van der Waals surface area contributed by atoms with Crippen LogP contribution in [-0.2, 0) is 16.0 Å². The Morgan fingerprint density at radius 3 is 2.37 bits per heavy atom. The van der Waals surface area contributed by atoms with E-state index in [0.717, 1.165) is 5.56 Å². The molecule has 0 bridgehead atoms. The minimum absolute atomic E-state index is 0.134. The van der Waals surface area contributed by atoms with Gasteiger partial charge in [0, 0.05) is 11.6 Å². The third kappa shape index (κ3) is 5.23. The summed E-state index contributed by atoms with van der Waals surface area (Å²) >= 11 is 0. The number of anilines is 1. The summed E-state index contributed by atoms with van der Waals surface area (Å²) in [7, 11) is 3.15. The Balaban J connectivity index is 2.06. The van der Waals surface area contributed by atoms with Crippen LogP contribution in [0.1, 0.15) is 30.9 Å². The molecule has 6 heteroatoms. The lowest BCUT2D eigenvalue weighted by molar-refractivity contribution is -0.138. The van der Waals surface area contributed by atoms with E-state index in [2.05, 4.69) is 5.32 Å². The van der Waals surface area contributed by atoms with Gasteiger partial charge in [0.15, 0.2) is 11.5 Å². The first kappa shape index (κ1) is 20.3. The Bertz CT molecular complexity index is 818. The van der Waals surface area contributed by atoms with Gasteiger partial charge in [0.1, 0.15) is 0 Å². The number of carboxylic acids is 1. The van der Waals surface area contributed by atoms with E-state index in [0.29, 0.717) is 29.2 Å². The van der Waals surface area contributed by atoms with Crippen LogP contribution in [0.25, 0.3) is 0 Å². The molecule has 2 atom stereocenters. The molecule has 0 saturated carbocycles. The monoisotopic (exact) mass is 371 g/mol. The summed E-state index contributed by atoms with van der Waals surface area (Å²) in [5.74, 6) is -0.680. The van der Waals surface area contributed by atoms with Crippen LogP contribution in [0.4, 0.5) is 5.69 Å². The van der Waals surface area contributed by atoms with E-state index in [-0.39, 0.29) is 11.8 Å². The highest BCUT2D eigenvalue weighted by Crippen LogP contribution is 2.28. The summed E-state index contributed by atoms with van der Waals surface area (Å²) in [5, 5.41) is 12.0. The zero-order valence-corrected chi connectivity index (χ0v) is 16.0. The maximum Gasteiger partial charge on any atom is 0.310 e. The number of methoxy groups -OCH3 is 2. The second-order valence-corrected chi connectivity index (χ2v) is 6.47. The van der Waals surface area contributed by atoms with Crippen LogP contribution >= 0.6 is 0 Å². The number of carboxylic acid groups (broad SMARTS) is 1. The van der Waals surface area contributed by atoms with Crippen LogP contribution < -0.4 is 14.8 Å². The van der Waals surface area contributed by atoms with Gasteiger partial charge in [-0.05, 0) is 48.7 Å². The van der Waals surface area contributed by atoms with Gasteiger partial charge in [-0.3, -0.25) is 9.59 Å². The number of carbonyl (C=O) groups excluding carboxylic acids is 1. The highest BCUT2D eigenvalue weighted by molar-refractivity contribution is 5.92. The highest BCUT2D eigenvalue weighted by atomic mass is 16.5. The minimum Gasteiger partial charge on any atom is -0.493 e. The number of hydrogen-bond acceptors (Lipinski definition) is 4. The Kier molecular flexibility index (Phi) is 6.82. The zero-order valence-electron chi connectivity index (χ0n) is 16.0. The molecule has 0 aliphatic rings. The van der Waals surface area contributed by atoms with Crippen LogP contribution in [0.15, 0.2) is 42.5 Å². The maximum absolute atomic E-state index is 12.5. The average Bonchev–Trinajstić information content (AvgIpc) is 2.67. The summed E-state index contributed by atoms with van der Waals surface area (Å²) in [6, 6.07) is 12.5. The molecule has 0 fully saturated rings. The molecule has 0 saturated heterocycles. The molecule has 0 radical (unpaired) electrons. The molecule has 0 aliphatic heterocycles. The van der Waals surface area contributed by atoms with E-state index in [4.69, 9.17) is 14.6 Å². The highest BCUT2D eigenvalue weighted by Gasteiger charge is 2.17. The van der Waals surface area contributed by atoms with Crippen LogP contribution in [0.5, 0.6) is 11.5 Å². The van der Waals surface area contributed by atoms with Crippen molar-refractivity contribution in [1.29, 1.82) is 0 Å². The van der Waals surface area contributed by atoms with Gasteiger partial charge in [-0.1, -0.05) is 25.1 Å². The SMILES string of the molecule is COc1ccc(CC(C)C(=O)Nc2cccc(C(C)C(=O)O)c2)cc1OC. The Hall–Kier alpha value is -3.02. The van der Waals surface area contributed by atoms with Crippen LogP contribution in [-0.4, -0.2) is 31.2 Å². The van der Waals surface area contributed by atoms with Gasteiger partial charge in [0.25, 0.3) is 0 Å². The fourth-order valence-electron chi connectivity index (χ4n) is 2.75. The summed E-state index contributed by atoms with van der Waals surface area (Å²) in [4.78, 5) is 23.7. The fourth-order valence-corrected chi connectivity index (χ4v) is 2.75. The lowest BCUT2D eigenvalue weighted by atomic mass is 9.99. The van der Waals surface area contributed by atoms with Gasteiger partial charge in [-0.15, -0.1) is 0 Å². The van der Waals surface area contributed by atoms with Crippen molar-refractivity contribution in [3.63, 3.8) is 0 Å². The predicted octanol–water partition coefficient (Wildman–Crippen LogP) is 3.71. The van der Waals surface area contributed by atoms with Gasteiger partial charge < -0.3 is 19.9 Å². The van der Waals surface area contributed by atoms with Crippen LogP contribution in [0.3, 0.4) is 0 Å². The molecule has 0 aromatic heterocycles. The number of aliphatic carboxylic acids is 1. The van der Waals surface area contributed by atoms with Gasteiger partial charge in [0.2, 0.25) is 5.91 Å². The maximum atomic E-state index is 12.5. The molecule has 1 amide bonds. The fraction of sp³-hybridized carbons (Fsp3) is 0.333. The summed E-state index contributed by atoms with van der Waals surface area (Å²) in [6.45, 7) is 3.46. The number of amides is 1. The molecule has 2 rings (SSSR count). The summed E-state index contributed by atoms with van der Waals surface area (Å²) in [5.41, 5.74) is 2.20. The Morgan fingerprint density at radius 1 is 1.04 bits per heavy atom. The van der Waals surface area contributed by atoms with Crippen molar-refractivity contribution in [2.45, 2.75) is 26.2 Å². The summed E-state index contributed by atoms with van der Waals surface area (Å²) in [6.07, 6.45) is 0.539. The van der Waals surface area contributed by atoms with Gasteiger partial charge in [-0.25, -0.2) is 0 Å². The van der Waals surface area contributed by atoms with E-state index in [1.807, 2.05) is 25.1 Å². The topological polar surface area (TPSA) is 84.9 Å². The van der Waals surface area contributed by atoms with Gasteiger partial charge in [-0.2, -0.15) is 0 Å². The first-order valence-corrected chi connectivity index (χ1v) is 8.70. The average molecular weight is 371 g/mol. The Morgan fingerprint density at radius 2 is 1.74 bits per heavy atom. The first-order valence-electron chi connectivity index (χ1n) is 8.70. The molecule has 2 aromatic carbocycles. The van der Waals surface area contributed by atoms with E-state index in [9.17, 15) is 9.59 Å². The van der Waals surface area contributed by atoms with Crippen molar-refractivity contribution in [3.05, 3.63) is 53.6 Å². The van der Waals surface area contributed by atoms with Crippen molar-refractivity contribution in [3.8, 4) is 11.5 Å². The van der Waals surface area contributed by atoms with Gasteiger partial charge in [0.05, 0.1) is 20.1 Å². The van der Waals surface area contributed by atoms with Crippen molar-refractivity contribution >= 4 is 17.6 Å². The number of nitrogens with one attached hydrogen (secondary N) is 1. The van der Waals surface area contributed by atoms with E-state index >= 15 is 0 Å². The molecular formula is C21H25NO5. The molecule has 6 nitrogen and oxygen atoms in total. The van der Waals surface area contributed by atoms with Crippen LogP contribution in [0, 0.1) is 5.92 Å². The standard InChI is InChI=1S/C21H25NO5/c1-13(10-15-8-9-18(26-3)19(11-15)27-4)20(23)22-17-7-5-6-16(12-17)14(2)21(24)25/h5-9,11-14H,10H2,1-4H3,(H,22,23)(H,24,25). The molecule has 0 aliphatic carbocycles.